The second-order valence-electron chi connectivity index (χ2n) is 7.39. The maximum absolute atomic E-state index is 12.5. The van der Waals surface area contributed by atoms with Gasteiger partial charge in [-0.3, -0.25) is 14.9 Å². The SMILES string of the molecule is CCC(C)c1ccc2oc(-c3cccc(NC(=O)c4ccc([N+](=O)[O-])cc4)c3)nc2c1. The molecule has 1 N–H and O–H groups in total. The lowest BCUT2D eigenvalue weighted by molar-refractivity contribution is -0.384. The largest absolute Gasteiger partial charge is 0.436 e. The fourth-order valence-corrected chi connectivity index (χ4v) is 3.28. The van der Waals surface area contributed by atoms with Crippen molar-refractivity contribution in [3.8, 4) is 11.5 Å². The Kier molecular flexibility index (Phi) is 5.49. The first-order chi connectivity index (χ1) is 14.9. The summed E-state index contributed by atoms with van der Waals surface area (Å²) < 4.78 is 5.92. The fraction of sp³-hybridized carbons (Fsp3) is 0.167. The van der Waals surface area contributed by atoms with E-state index >= 15 is 0 Å². The van der Waals surface area contributed by atoms with Crippen LogP contribution in [0.5, 0.6) is 0 Å². The van der Waals surface area contributed by atoms with Gasteiger partial charge in [-0.2, -0.15) is 0 Å². The molecule has 1 amide bonds. The molecule has 0 fully saturated rings. The number of oxazole rings is 1. The van der Waals surface area contributed by atoms with Gasteiger partial charge >= 0.3 is 0 Å². The standard InChI is InChI=1S/C24H21N3O4/c1-3-15(2)17-9-12-22-21(14-17)26-24(31-22)18-5-4-6-19(13-18)25-23(28)16-7-10-20(11-8-16)27(29)30/h4-15H,3H2,1-2H3,(H,25,28). The van der Waals surface area contributed by atoms with Crippen LogP contribution in [0.2, 0.25) is 0 Å². The molecule has 4 rings (SSSR count). The Hall–Kier alpha value is -4.00. The van der Waals surface area contributed by atoms with E-state index in [4.69, 9.17) is 4.42 Å². The monoisotopic (exact) mass is 415 g/mol. The molecule has 7 nitrogen and oxygen atoms in total. The van der Waals surface area contributed by atoms with Crippen molar-refractivity contribution in [3.05, 3.63) is 88.0 Å². The van der Waals surface area contributed by atoms with Crippen molar-refractivity contribution in [1.29, 1.82) is 0 Å². The summed E-state index contributed by atoms with van der Waals surface area (Å²) in [5, 5.41) is 13.6. The van der Waals surface area contributed by atoms with Gasteiger partial charge in [0.05, 0.1) is 4.92 Å². The zero-order valence-electron chi connectivity index (χ0n) is 17.2. The number of hydrogen-bond donors (Lipinski definition) is 1. The van der Waals surface area contributed by atoms with Gasteiger partial charge in [0.2, 0.25) is 5.89 Å². The van der Waals surface area contributed by atoms with E-state index in [1.807, 2.05) is 12.1 Å². The van der Waals surface area contributed by atoms with Gasteiger partial charge in [0, 0.05) is 28.9 Å². The number of carbonyl (C=O) groups is 1. The van der Waals surface area contributed by atoms with Gasteiger partial charge < -0.3 is 9.73 Å². The highest BCUT2D eigenvalue weighted by molar-refractivity contribution is 6.04. The van der Waals surface area contributed by atoms with Gasteiger partial charge in [-0.15, -0.1) is 0 Å². The van der Waals surface area contributed by atoms with Crippen LogP contribution in [0.1, 0.15) is 42.1 Å². The van der Waals surface area contributed by atoms with Crippen molar-refractivity contribution in [2.24, 2.45) is 0 Å². The molecule has 1 unspecified atom stereocenters. The minimum absolute atomic E-state index is 0.0639. The van der Waals surface area contributed by atoms with Gasteiger partial charge in [0.25, 0.3) is 11.6 Å². The number of nitrogens with one attached hydrogen (secondary N) is 1. The number of carbonyl (C=O) groups excluding carboxylic acids is 1. The van der Waals surface area contributed by atoms with Gasteiger partial charge in [0.1, 0.15) is 5.52 Å². The van der Waals surface area contributed by atoms with Crippen LogP contribution in [-0.2, 0) is 0 Å². The number of rotatable bonds is 6. The molecule has 0 spiro atoms. The predicted octanol–water partition coefficient (Wildman–Crippen LogP) is 6.17. The summed E-state index contributed by atoms with van der Waals surface area (Å²) in [5.41, 5.74) is 4.31. The molecule has 7 heteroatoms. The third-order valence-corrected chi connectivity index (χ3v) is 5.30. The molecule has 0 aliphatic heterocycles. The summed E-state index contributed by atoms with van der Waals surface area (Å²) in [4.78, 5) is 27.4. The van der Waals surface area contributed by atoms with Crippen molar-refractivity contribution < 1.29 is 14.1 Å². The van der Waals surface area contributed by atoms with Crippen molar-refractivity contribution >= 4 is 28.4 Å². The van der Waals surface area contributed by atoms with Crippen LogP contribution in [0.3, 0.4) is 0 Å². The Balaban J connectivity index is 1.56. The van der Waals surface area contributed by atoms with Crippen molar-refractivity contribution in [2.75, 3.05) is 5.32 Å². The maximum Gasteiger partial charge on any atom is 0.269 e. The minimum atomic E-state index is -0.503. The summed E-state index contributed by atoms with van der Waals surface area (Å²) in [7, 11) is 0. The first-order valence-corrected chi connectivity index (χ1v) is 10.0. The molecule has 0 saturated heterocycles. The zero-order chi connectivity index (χ0) is 22.0. The number of hydrogen-bond acceptors (Lipinski definition) is 5. The molecule has 1 aromatic heterocycles. The quantitative estimate of drug-likeness (QED) is 0.300. The van der Waals surface area contributed by atoms with Crippen LogP contribution in [0, 0.1) is 10.1 Å². The number of anilines is 1. The maximum atomic E-state index is 12.5. The molecular weight excluding hydrogens is 394 g/mol. The lowest BCUT2D eigenvalue weighted by Crippen LogP contribution is -2.11. The molecule has 1 atom stereocenters. The Morgan fingerprint density at radius 3 is 2.61 bits per heavy atom. The predicted molar refractivity (Wildman–Crippen MR) is 119 cm³/mol. The molecule has 0 aliphatic rings. The normalized spacial score (nSPS) is 11.9. The number of amides is 1. The molecule has 4 aromatic rings. The lowest BCUT2D eigenvalue weighted by Gasteiger charge is -2.07. The van der Waals surface area contributed by atoms with E-state index in [-0.39, 0.29) is 11.6 Å². The number of fused-ring (bicyclic) bond motifs is 1. The number of nitro benzene ring substituents is 1. The Bertz CT molecular complexity index is 1260. The van der Waals surface area contributed by atoms with E-state index in [1.54, 1.807) is 18.2 Å². The Labute approximate surface area is 178 Å². The average Bonchev–Trinajstić information content (AvgIpc) is 3.22. The summed E-state index contributed by atoms with van der Waals surface area (Å²) in [5.74, 6) is 0.563. The van der Waals surface area contributed by atoms with Crippen molar-refractivity contribution in [2.45, 2.75) is 26.2 Å². The lowest BCUT2D eigenvalue weighted by atomic mass is 9.98. The summed E-state index contributed by atoms with van der Waals surface area (Å²) in [6.45, 7) is 4.33. The smallest absolute Gasteiger partial charge is 0.269 e. The molecule has 1 heterocycles. The van der Waals surface area contributed by atoms with Gasteiger partial charge in [-0.25, -0.2) is 4.98 Å². The van der Waals surface area contributed by atoms with Crippen LogP contribution >= 0.6 is 0 Å². The Morgan fingerprint density at radius 2 is 1.90 bits per heavy atom. The van der Waals surface area contributed by atoms with Crippen LogP contribution in [0.15, 0.2) is 71.1 Å². The van der Waals surface area contributed by atoms with E-state index in [9.17, 15) is 14.9 Å². The number of aromatic nitrogens is 1. The Morgan fingerprint density at radius 1 is 1.13 bits per heavy atom. The van der Waals surface area contributed by atoms with Crippen molar-refractivity contribution in [1.82, 2.24) is 4.98 Å². The van der Waals surface area contributed by atoms with Gasteiger partial charge in [-0.1, -0.05) is 26.0 Å². The highest BCUT2D eigenvalue weighted by Crippen LogP contribution is 2.29. The summed E-state index contributed by atoms with van der Waals surface area (Å²) in [6.07, 6.45) is 1.05. The third-order valence-electron chi connectivity index (χ3n) is 5.30. The van der Waals surface area contributed by atoms with E-state index in [2.05, 4.69) is 36.3 Å². The first-order valence-electron chi connectivity index (χ1n) is 10.0. The number of benzene rings is 3. The number of non-ortho nitro benzene ring substituents is 1. The highest BCUT2D eigenvalue weighted by Gasteiger charge is 2.13. The van der Waals surface area contributed by atoms with Gasteiger partial charge in [-0.05, 0) is 60.4 Å². The molecule has 0 bridgehead atoms. The molecule has 0 radical (unpaired) electrons. The van der Waals surface area contributed by atoms with Crippen molar-refractivity contribution in [3.63, 3.8) is 0 Å². The second kappa shape index (κ2) is 8.39. The van der Waals surface area contributed by atoms with E-state index in [0.717, 1.165) is 17.5 Å². The third kappa shape index (κ3) is 4.30. The minimum Gasteiger partial charge on any atom is -0.436 e. The average molecular weight is 415 g/mol. The van der Waals surface area contributed by atoms with E-state index < -0.39 is 4.92 Å². The fourth-order valence-electron chi connectivity index (χ4n) is 3.28. The molecular formula is C24H21N3O4. The first kappa shape index (κ1) is 20.3. The number of nitro groups is 1. The van der Waals surface area contributed by atoms with Crippen LogP contribution in [-0.4, -0.2) is 15.8 Å². The van der Waals surface area contributed by atoms with Crippen LogP contribution in [0.25, 0.3) is 22.6 Å². The van der Waals surface area contributed by atoms with Crippen LogP contribution < -0.4 is 5.32 Å². The highest BCUT2D eigenvalue weighted by atomic mass is 16.6. The molecule has 0 aliphatic carbocycles. The summed E-state index contributed by atoms with van der Waals surface area (Å²) >= 11 is 0. The van der Waals surface area contributed by atoms with Gasteiger partial charge in [0.15, 0.2) is 5.58 Å². The van der Waals surface area contributed by atoms with E-state index in [0.29, 0.717) is 28.6 Å². The molecule has 31 heavy (non-hydrogen) atoms. The topological polar surface area (TPSA) is 98.3 Å². The van der Waals surface area contributed by atoms with Crippen LogP contribution in [0.4, 0.5) is 11.4 Å². The summed E-state index contributed by atoms with van der Waals surface area (Å²) in [6, 6.07) is 18.7. The second-order valence-corrected chi connectivity index (χ2v) is 7.39. The molecule has 3 aromatic carbocycles. The van der Waals surface area contributed by atoms with E-state index in [1.165, 1.54) is 29.8 Å². The molecule has 156 valence electrons. The number of nitrogens with zero attached hydrogens (tertiary/aromatic N) is 2. The molecule has 0 saturated carbocycles. The zero-order valence-corrected chi connectivity index (χ0v) is 17.2.